The van der Waals surface area contributed by atoms with E-state index < -0.39 is 0 Å². The van der Waals surface area contributed by atoms with Gasteiger partial charge in [0, 0.05) is 0 Å². The van der Waals surface area contributed by atoms with E-state index in [1.807, 2.05) is 0 Å². The average Bonchev–Trinajstić information content (AvgIpc) is 2.83. The second-order valence-electron chi connectivity index (χ2n) is 10.6. The molecule has 198 valence electrons. The van der Waals surface area contributed by atoms with E-state index in [0.29, 0.717) is 0 Å². The second kappa shape index (κ2) is 31.5. The minimum atomic E-state index is 0.850. The van der Waals surface area contributed by atoms with Gasteiger partial charge < -0.3 is 4.74 Å². The van der Waals surface area contributed by atoms with Crippen molar-refractivity contribution in [1.82, 2.24) is 0 Å². The first-order valence-electron chi connectivity index (χ1n) is 15.6. The average molecular weight is 465 g/mol. The zero-order valence-corrected chi connectivity index (χ0v) is 23.2. The van der Waals surface area contributed by atoms with Crippen LogP contribution in [0.15, 0.2) is 12.8 Å². The fourth-order valence-corrected chi connectivity index (χ4v) is 4.94. The van der Waals surface area contributed by atoms with Gasteiger partial charge in [-0.05, 0) is 6.42 Å². The fourth-order valence-electron chi connectivity index (χ4n) is 4.94. The summed E-state index contributed by atoms with van der Waals surface area (Å²) in [7, 11) is 0. The molecule has 1 heteroatoms. The molecule has 0 aromatic rings. The van der Waals surface area contributed by atoms with Crippen molar-refractivity contribution in [3.05, 3.63) is 12.8 Å². The fraction of sp³-hybridized carbons (Fsp3) is 0.938. The van der Waals surface area contributed by atoms with Crippen molar-refractivity contribution in [3.63, 3.8) is 0 Å². The lowest BCUT2D eigenvalue weighted by molar-refractivity contribution is 0.241. The van der Waals surface area contributed by atoms with Crippen molar-refractivity contribution in [1.29, 1.82) is 0 Å². The molecule has 0 atom stereocenters. The Morgan fingerprint density at radius 2 is 0.576 bits per heavy atom. The molecule has 0 unspecified atom stereocenters. The maximum absolute atomic E-state index is 5.16. The highest BCUT2D eigenvalue weighted by Gasteiger charge is 1.96. The molecule has 0 spiro atoms. The molecule has 0 N–H and O–H groups in total. The molecule has 0 aliphatic carbocycles. The van der Waals surface area contributed by atoms with Gasteiger partial charge in [0.15, 0.2) is 0 Å². The summed E-state index contributed by atoms with van der Waals surface area (Å²) in [5, 5.41) is 0. The third kappa shape index (κ3) is 31.5. The predicted octanol–water partition coefficient (Wildman–Crippen LogP) is 12.1. The highest BCUT2D eigenvalue weighted by Crippen LogP contribution is 2.16. The summed E-state index contributed by atoms with van der Waals surface area (Å²) in [5.74, 6) is 0. The summed E-state index contributed by atoms with van der Waals surface area (Å²) >= 11 is 0. The summed E-state index contributed by atoms with van der Waals surface area (Å²) in [4.78, 5) is 0. The number of hydrogen-bond donors (Lipinski definition) is 0. The Kier molecular flexibility index (Phi) is 31.1. The molecule has 0 amide bonds. The molecule has 0 heterocycles. The van der Waals surface area contributed by atoms with Crippen LogP contribution in [-0.2, 0) is 4.74 Å². The van der Waals surface area contributed by atoms with Crippen LogP contribution in [0, 0.1) is 0 Å². The molecule has 0 saturated heterocycles. The topological polar surface area (TPSA) is 9.23 Å². The standard InChI is InChI=1S/C32H64O/c1-3-5-6-7-8-9-10-11-12-13-14-15-16-17-18-19-20-21-22-23-24-25-26-27-28-29-30-31-32-33-4-2/h4H,2-3,5-32H2,1H3. The van der Waals surface area contributed by atoms with Gasteiger partial charge in [-0.2, -0.15) is 0 Å². The molecule has 0 aromatic carbocycles. The maximum Gasteiger partial charge on any atom is 0.0873 e. The van der Waals surface area contributed by atoms with Gasteiger partial charge in [0.25, 0.3) is 0 Å². The zero-order valence-electron chi connectivity index (χ0n) is 23.2. The summed E-state index contributed by atoms with van der Waals surface area (Å²) in [6.07, 6.45) is 42.1. The lowest BCUT2D eigenvalue weighted by atomic mass is 10.0. The van der Waals surface area contributed by atoms with Gasteiger partial charge in [0.2, 0.25) is 0 Å². The maximum atomic E-state index is 5.16. The highest BCUT2D eigenvalue weighted by atomic mass is 16.5. The van der Waals surface area contributed by atoms with Crippen LogP contribution in [-0.4, -0.2) is 6.61 Å². The molecular formula is C32H64O. The van der Waals surface area contributed by atoms with E-state index in [0.717, 1.165) is 6.61 Å². The first-order valence-corrected chi connectivity index (χ1v) is 15.6. The van der Waals surface area contributed by atoms with E-state index in [4.69, 9.17) is 4.74 Å². The molecule has 0 bridgehead atoms. The molecule has 0 aromatic heterocycles. The van der Waals surface area contributed by atoms with E-state index in [2.05, 4.69) is 13.5 Å². The van der Waals surface area contributed by atoms with Crippen LogP contribution in [0.5, 0.6) is 0 Å². The van der Waals surface area contributed by atoms with Crippen molar-refractivity contribution in [2.75, 3.05) is 6.61 Å². The van der Waals surface area contributed by atoms with Crippen molar-refractivity contribution in [2.45, 2.75) is 187 Å². The zero-order chi connectivity index (χ0) is 23.9. The quantitative estimate of drug-likeness (QED) is 0.0758. The van der Waals surface area contributed by atoms with E-state index in [1.54, 1.807) is 6.26 Å². The summed E-state index contributed by atoms with van der Waals surface area (Å²) < 4.78 is 5.16. The van der Waals surface area contributed by atoms with Crippen molar-refractivity contribution in [2.24, 2.45) is 0 Å². The smallest absolute Gasteiger partial charge is 0.0873 e. The Hall–Kier alpha value is -0.460. The Morgan fingerprint density at radius 3 is 0.788 bits per heavy atom. The Balaban J connectivity index is 2.99. The number of ether oxygens (including phenoxy) is 1. The number of rotatable bonds is 30. The molecule has 0 radical (unpaired) electrons. The Morgan fingerprint density at radius 1 is 0.364 bits per heavy atom. The van der Waals surface area contributed by atoms with Crippen molar-refractivity contribution >= 4 is 0 Å². The van der Waals surface area contributed by atoms with Gasteiger partial charge >= 0.3 is 0 Å². The van der Waals surface area contributed by atoms with Gasteiger partial charge in [-0.25, -0.2) is 0 Å². The van der Waals surface area contributed by atoms with Crippen LogP contribution in [0.4, 0.5) is 0 Å². The molecule has 33 heavy (non-hydrogen) atoms. The normalized spacial score (nSPS) is 11.2. The second-order valence-corrected chi connectivity index (χ2v) is 10.6. The van der Waals surface area contributed by atoms with Gasteiger partial charge in [-0.3, -0.25) is 0 Å². The third-order valence-corrected chi connectivity index (χ3v) is 7.23. The molecular weight excluding hydrogens is 400 g/mol. The van der Waals surface area contributed by atoms with Crippen LogP contribution in [0.25, 0.3) is 0 Å². The lowest BCUT2D eigenvalue weighted by Crippen LogP contribution is -1.87. The summed E-state index contributed by atoms with van der Waals surface area (Å²) in [6.45, 7) is 6.73. The van der Waals surface area contributed by atoms with Crippen LogP contribution >= 0.6 is 0 Å². The monoisotopic (exact) mass is 464 g/mol. The van der Waals surface area contributed by atoms with Crippen molar-refractivity contribution < 1.29 is 4.74 Å². The molecule has 0 aliphatic rings. The molecule has 0 aliphatic heterocycles. The third-order valence-electron chi connectivity index (χ3n) is 7.23. The van der Waals surface area contributed by atoms with Gasteiger partial charge in [0.1, 0.15) is 0 Å². The van der Waals surface area contributed by atoms with E-state index >= 15 is 0 Å². The first kappa shape index (κ1) is 32.5. The number of hydrogen-bond acceptors (Lipinski definition) is 1. The van der Waals surface area contributed by atoms with Crippen LogP contribution in [0.1, 0.15) is 187 Å². The SMILES string of the molecule is C=COCCCCCCCCCCCCCCCCCCCCCCCCCCCCCC. The van der Waals surface area contributed by atoms with Gasteiger partial charge in [-0.1, -0.05) is 187 Å². The van der Waals surface area contributed by atoms with Gasteiger partial charge in [0.05, 0.1) is 12.9 Å². The van der Waals surface area contributed by atoms with Crippen molar-refractivity contribution in [3.8, 4) is 0 Å². The van der Waals surface area contributed by atoms with Gasteiger partial charge in [-0.15, -0.1) is 0 Å². The van der Waals surface area contributed by atoms with Crippen LogP contribution in [0.3, 0.4) is 0 Å². The van der Waals surface area contributed by atoms with E-state index in [-0.39, 0.29) is 0 Å². The first-order chi connectivity index (χ1) is 16.4. The minimum absolute atomic E-state index is 0.850. The molecule has 1 nitrogen and oxygen atoms in total. The largest absolute Gasteiger partial charge is 0.502 e. The Bertz CT molecular complexity index is 337. The van der Waals surface area contributed by atoms with Crippen LogP contribution in [0.2, 0.25) is 0 Å². The summed E-state index contributed by atoms with van der Waals surface area (Å²) in [6, 6.07) is 0. The minimum Gasteiger partial charge on any atom is -0.502 e. The Labute approximate surface area is 210 Å². The number of unbranched alkanes of at least 4 members (excludes halogenated alkanes) is 27. The molecule has 0 rings (SSSR count). The highest BCUT2D eigenvalue weighted by molar-refractivity contribution is 4.53. The molecule has 0 fully saturated rings. The van der Waals surface area contributed by atoms with Crippen LogP contribution < -0.4 is 0 Å². The summed E-state index contributed by atoms with van der Waals surface area (Å²) in [5.41, 5.74) is 0. The molecule has 0 saturated carbocycles. The predicted molar refractivity (Wildman–Crippen MR) is 151 cm³/mol. The van der Waals surface area contributed by atoms with E-state index in [9.17, 15) is 0 Å². The lowest BCUT2D eigenvalue weighted by Gasteiger charge is -2.04. The van der Waals surface area contributed by atoms with E-state index in [1.165, 1.54) is 180 Å².